The third-order valence-corrected chi connectivity index (χ3v) is 9.09. The number of guanidine groups is 2. The van der Waals surface area contributed by atoms with Crippen LogP contribution in [0.1, 0.15) is 18.1 Å². The van der Waals surface area contributed by atoms with Crippen molar-refractivity contribution >= 4 is 73.5 Å². The predicted octanol–water partition coefficient (Wildman–Crippen LogP) is -5.33. The number of likely N-dealkylation sites (N-methyl/N-ethyl adjacent to an activating group) is 1. The van der Waals surface area contributed by atoms with Gasteiger partial charge in [-0.3, -0.25) is 5.32 Å². The molecule has 0 bridgehead atoms. The number of nitrogens with two attached hydrogens (primary N) is 1. The van der Waals surface area contributed by atoms with Gasteiger partial charge in [0, 0.05) is 45.2 Å². The summed E-state index contributed by atoms with van der Waals surface area (Å²) in [7, 11) is -6.66. The number of hydrogen-bond donors (Lipinski definition) is 4. The van der Waals surface area contributed by atoms with Gasteiger partial charge >= 0.3 is 59.1 Å². The number of hydrogen-bond acceptors (Lipinski definition) is 19. The molecule has 2 aliphatic heterocycles. The number of methoxy groups -OCH3 is 1. The van der Waals surface area contributed by atoms with E-state index in [4.69, 9.17) is 15.2 Å². The van der Waals surface area contributed by atoms with E-state index in [1.807, 2.05) is 16.8 Å². The molecule has 52 heavy (non-hydrogen) atoms. The normalized spacial score (nSPS) is 16.2. The van der Waals surface area contributed by atoms with Gasteiger partial charge in [-0.2, -0.15) is 15.0 Å². The molecule has 23 heteroatoms. The molecule has 1 saturated heterocycles. The number of morpholine rings is 1. The van der Waals surface area contributed by atoms with Crippen LogP contribution in [0.25, 0.3) is 12.2 Å². The maximum atomic E-state index is 12.3. The molecule has 19 nitrogen and oxygen atoms in total. The summed E-state index contributed by atoms with van der Waals surface area (Å²) in [6.45, 7) is 4.79. The predicted molar refractivity (Wildman–Crippen MR) is 184 cm³/mol. The van der Waals surface area contributed by atoms with E-state index < -0.39 is 36.2 Å². The molecule has 1 atom stereocenters. The second-order valence-corrected chi connectivity index (χ2v) is 13.7. The molecule has 5 rings (SSSR count). The summed E-state index contributed by atoms with van der Waals surface area (Å²) in [5, 5.41) is 8.83. The third-order valence-electron chi connectivity index (χ3n) is 7.31. The summed E-state index contributed by atoms with van der Waals surface area (Å²) in [5.41, 5.74) is 6.14. The van der Waals surface area contributed by atoms with E-state index in [9.17, 15) is 25.9 Å². The van der Waals surface area contributed by atoms with E-state index in [2.05, 4.69) is 40.9 Å². The van der Waals surface area contributed by atoms with Crippen LogP contribution in [0.3, 0.4) is 0 Å². The van der Waals surface area contributed by atoms with Crippen LogP contribution in [0.15, 0.2) is 56.2 Å². The number of anilines is 5. The quantitative estimate of drug-likeness (QED) is 0.0805. The second-order valence-electron chi connectivity index (χ2n) is 11.0. The Morgan fingerprint density at radius 2 is 1.54 bits per heavy atom. The zero-order valence-electron chi connectivity index (χ0n) is 29.2. The smallest absolute Gasteiger partial charge is 0.744 e. The van der Waals surface area contributed by atoms with Gasteiger partial charge < -0.3 is 44.7 Å². The van der Waals surface area contributed by atoms with Gasteiger partial charge in [-0.05, 0) is 42.3 Å². The number of rotatable bonds is 11. The molecule has 0 amide bonds. The molecule has 3 aromatic rings. The molecule has 268 valence electrons. The van der Waals surface area contributed by atoms with Crippen molar-refractivity contribution in [3.8, 4) is 0 Å². The van der Waals surface area contributed by atoms with Gasteiger partial charge in [0.15, 0.2) is 0 Å². The summed E-state index contributed by atoms with van der Waals surface area (Å²) < 4.78 is 84.3. The standard InChI is InChI=1S/C29H37N11O8S2.2Na/c1-18-31-26(37-28(32-18)39(2)10-13-47-3)33-21-8-6-19(23(16-21)49(41,42)43)4-5-20-7-9-22(17-24(20)50(44,45)46)34-27-35-25(30)36-29(38-27)40-11-14-48-15-12-40;;/h4-9,16-18H,10-15H2,1-3H3,(H,41,42,43)(H,44,45,46)(H2,31,32,33,37)(H3,30,34,35,36,38);;/q;2*+1/p-2/b5-4+;;. The van der Waals surface area contributed by atoms with Crippen molar-refractivity contribution in [1.29, 1.82) is 0 Å². The van der Waals surface area contributed by atoms with Gasteiger partial charge in [-0.25, -0.2) is 26.8 Å². The first-order chi connectivity index (χ1) is 23.7. The SMILES string of the molecule is COCCN(C)C1=NC(C)N=C(Nc2ccc(/C=C/c3ccc(Nc4nc(N)nc(N5CCOCC5)n4)cc3S(=O)(=O)[O-])c(S(=O)(=O)[O-])c2)N1.[Na+].[Na+]. The molecule has 1 unspecified atom stereocenters. The van der Waals surface area contributed by atoms with Gasteiger partial charge in [0.1, 0.15) is 26.4 Å². The Kier molecular flexibility index (Phi) is 15.8. The van der Waals surface area contributed by atoms with Crippen LogP contribution in [0.4, 0.5) is 29.2 Å². The number of nitrogens with zero attached hydrogens (tertiary/aromatic N) is 7. The van der Waals surface area contributed by atoms with Crippen LogP contribution in [0.5, 0.6) is 0 Å². The average molecular weight is 776 g/mol. The van der Waals surface area contributed by atoms with Gasteiger partial charge in [-0.1, -0.05) is 24.3 Å². The molecule has 0 radical (unpaired) electrons. The fourth-order valence-electron chi connectivity index (χ4n) is 4.87. The van der Waals surface area contributed by atoms with E-state index in [-0.39, 0.29) is 99.5 Å². The van der Waals surface area contributed by atoms with Crippen LogP contribution >= 0.6 is 0 Å². The molecule has 0 saturated carbocycles. The van der Waals surface area contributed by atoms with Crippen LogP contribution in [-0.4, -0.2) is 117 Å². The zero-order chi connectivity index (χ0) is 36.1. The third kappa shape index (κ3) is 11.8. The number of nitrogen functional groups attached to an aromatic ring is 1. The maximum Gasteiger partial charge on any atom is 1.00 e. The number of ether oxygens (including phenoxy) is 2. The van der Waals surface area contributed by atoms with Crippen LogP contribution in [0.2, 0.25) is 0 Å². The van der Waals surface area contributed by atoms with Crippen molar-refractivity contribution in [3.63, 3.8) is 0 Å². The second kappa shape index (κ2) is 18.9. The first-order valence-electron chi connectivity index (χ1n) is 15.1. The monoisotopic (exact) mass is 775 g/mol. The first kappa shape index (κ1) is 43.5. The Bertz CT molecular complexity index is 2050. The Hall–Kier alpha value is -2.93. The van der Waals surface area contributed by atoms with Gasteiger partial charge in [0.05, 0.1) is 29.6 Å². The summed E-state index contributed by atoms with van der Waals surface area (Å²) >= 11 is 0. The van der Waals surface area contributed by atoms with Crippen LogP contribution < -0.4 is 85.7 Å². The number of nitrogens with one attached hydrogen (secondary N) is 3. The Balaban J connectivity index is 0.00000364. The maximum absolute atomic E-state index is 12.3. The van der Waals surface area contributed by atoms with Crippen molar-refractivity contribution in [2.75, 3.05) is 74.9 Å². The fourth-order valence-corrected chi connectivity index (χ4v) is 6.27. The Labute approximate surface area is 345 Å². The molecule has 0 spiro atoms. The fraction of sp³-hybridized carbons (Fsp3) is 0.345. The largest absolute Gasteiger partial charge is 1.00 e. The van der Waals surface area contributed by atoms with Crippen molar-refractivity contribution < 1.29 is 94.5 Å². The van der Waals surface area contributed by atoms with E-state index in [0.29, 0.717) is 51.4 Å². The van der Waals surface area contributed by atoms with Crippen LogP contribution in [0, 0.1) is 0 Å². The first-order valence-corrected chi connectivity index (χ1v) is 17.9. The average Bonchev–Trinajstić information content (AvgIpc) is 3.06. The molecule has 0 aliphatic carbocycles. The zero-order valence-corrected chi connectivity index (χ0v) is 34.9. The molecule has 1 aromatic heterocycles. The van der Waals surface area contributed by atoms with Gasteiger partial charge in [0.25, 0.3) is 0 Å². The molecule has 1 fully saturated rings. The van der Waals surface area contributed by atoms with Crippen molar-refractivity contribution in [1.82, 2.24) is 25.2 Å². The molecule has 3 heterocycles. The molecule has 2 aromatic carbocycles. The van der Waals surface area contributed by atoms with E-state index in [0.717, 1.165) is 12.1 Å². The molecule has 2 aliphatic rings. The molecule has 5 N–H and O–H groups in total. The molecular weight excluding hydrogens is 741 g/mol. The topological polar surface area (TPSA) is 265 Å². The summed E-state index contributed by atoms with van der Waals surface area (Å²) in [6.07, 6.45) is 1.98. The van der Waals surface area contributed by atoms with E-state index in [1.54, 1.807) is 14.0 Å². The summed E-state index contributed by atoms with van der Waals surface area (Å²) in [4.78, 5) is 23.8. The number of benzene rings is 2. The van der Waals surface area contributed by atoms with Crippen molar-refractivity contribution in [2.24, 2.45) is 9.98 Å². The van der Waals surface area contributed by atoms with E-state index >= 15 is 0 Å². The Morgan fingerprint density at radius 1 is 0.962 bits per heavy atom. The summed E-state index contributed by atoms with van der Waals surface area (Å²) in [5.74, 6) is 1.00. The van der Waals surface area contributed by atoms with Crippen molar-refractivity contribution in [3.05, 3.63) is 47.5 Å². The minimum Gasteiger partial charge on any atom is -0.744 e. The van der Waals surface area contributed by atoms with Gasteiger partial charge in [0.2, 0.25) is 29.8 Å². The van der Waals surface area contributed by atoms with Crippen molar-refractivity contribution in [2.45, 2.75) is 22.9 Å². The Morgan fingerprint density at radius 3 is 2.10 bits per heavy atom. The van der Waals surface area contributed by atoms with Crippen LogP contribution in [-0.2, 0) is 29.7 Å². The minimum absolute atomic E-state index is 0. The van der Waals surface area contributed by atoms with E-state index in [1.165, 1.54) is 36.4 Å². The van der Waals surface area contributed by atoms with Gasteiger partial charge in [-0.15, -0.1) is 0 Å². The number of aliphatic imine (C=N–C) groups is 2. The molecular formula is C29H35N11Na2O8S2. The number of aromatic nitrogens is 3. The minimum atomic E-state index is -5.04. The summed E-state index contributed by atoms with van der Waals surface area (Å²) in [6, 6.07) is 7.86.